The second kappa shape index (κ2) is 13.6. The normalized spacial score (nSPS) is 22.7. The van der Waals surface area contributed by atoms with Gasteiger partial charge in [-0.15, -0.1) is 0 Å². The Kier molecular flexibility index (Phi) is 9.08. The van der Waals surface area contributed by atoms with E-state index in [-0.39, 0.29) is 17.0 Å². The minimum Gasteiger partial charge on any atom is -0.352 e. The number of thiazole rings is 1. The molecule has 0 saturated heterocycles. The van der Waals surface area contributed by atoms with E-state index in [0.717, 1.165) is 51.4 Å². The lowest BCUT2D eigenvalue weighted by atomic mass is 9.57. The molecule has 2 fully saturated rings. The number of sulfonamides is 1. The summed E-state index contributed by atoms with van der Waals surface area (Å²) in [5.41, 5.74) is 5.54. The molecule has 0 radical (unpaired) electrons. The van der Waals surface area contributed by atoms with Crippen molar-refractivity contribution in [3.63, 3.8) is 0 Å². The number of anilines is 2. The van der Waals surface area contributed by atoms with Crippen molar-refractivity contribution in [2.24, 2.45) is 23.2 Å². The summed E-state index contributed by atoms with van der Waals surface area (Å²) < 4.78 is 28.8. The fourth-order valence-electron chi connectivity index (χ4n) is 9.50. The number of nitrogens with one attached hydrogen (secondary N) is 2. The molecule has 2 unspecified atom stereocenters. The number of hydrogen-bond acceptors (Lipinski definition) is 10. The number of nitrogens with zero attached hydrogens (tertiary/aromatic N) is 6. The van der Waals surface area contributed by atoms with Crippen LogP contribution in [0.1, 0.15) is 83.6 Å². The van der Waals surface area contributed by atoms with Gasteiger partial charge in [0.05, 0.1) is 12.5 Å². The maximum absolute atomic E-state index is 13.7. The van der Waals surface area contributed by atoms with Gasteiger partial charge in [-0.2, -0.15) is 5.10 Å². The van der Waals surface area contributed by atoms with E-state index in [0.29, 0.717) is 53.4 Å². The lowest BCUT2D eigenvalue weighted by molar-refractivity contribution is 0.00177. The van der Waals surface area contributed by atoms with E-state index < -0.39 is 15.9 Å². The Hall–Kier alpha value is -4.69. The maximum Gasteiger partial charge on any atom is 0.284 e. The SMILES string of the molecule is Cc1c(-c2ccc(N3CCc4cccc(C(=O)Nc5nc6cccnc6s5)c4C3)nc2C(=O)NS(C)(=O)=O)cnn1CC12CC(C)CC(CC(C)C1)C2. The number of rotatable bonds is 8. The zero-order chi connectivity index (χ0) is 37.1. The van der Waals surface area contributed by atoms with Gasteiger partial charge in [-0.3, -0.25) is 19.6 Å². The van der Waals surface area contributed by atoms with Gasteiger partial charge in [0.15, 0.2) is 5.13 Å². The zero-order valence-electron chi connectivity index (χ0n) is 30.4. The molecule has 2 aliphatic carbocycles. The summed E-state index contributed by atoms with van der Waals surface area (Å²) in [7, 11) is -3.87. The Morgan fingerprint density at radius 3 is 2.53 bits per heavy atom. The van der Waals surface area contributed by atoms with E-state index >= 15 is 0 Å². The fraction of sp³-hybridized carbons (Fsp3) is 0.436. The molecule has 2 saturated carbocycles. The van der Waals surface area contributed by atoms with Crippen LogP contribution >= 0.6 is 11.3 Å². The fourth-order valence-corrected chi connectivity index (χ4v) is 10.7. The van der Waals surface area contributed by atoms with Crippen LogP contribution in [0.15, 0.2) is 54.9 Å². The second-order valence-electron chi connectivity index (χ2n) is 15.6. The van der Waals surface area contributed by atoms with Crippen LogP contribution in [0.5, 0.6) is 0 Å². The number of benzene rings is 1. The Morgan fingerprint density at radius 1 is 0.981 bits per heavy atom. The maximum atomic E-state index is 13.7. The number of carbonyl (C=O) groups excluding carboxylic acids is 2. The van der Waals surface area contributed by atoms with Gasteiger partial charge in [0, 0.05) is 48.2 Å². The van der Waals surface area contributed by atoms with E-state index in [1.807, 2.05) is 48.2 Å². The summed E-state index contributed by atoms with van der Waals surface area (Å²) in [6, 6.07) is 13.1. The van der Waals surface area contributed by atoms with Crippen LogP contribution in [0.25, 0.3) is 21.5 Å². The van der Waals surface area contributed by atoms with Gasteiger partial charge in [0.1, 0.15) is 21.9 Å². The highest BCUT2D eigenvalue weighted by Gasteiger charge is 2.44. The molecule has 276 valence electrons. The lowest BCUT2D eigenvalue weighted by Crippen LogP contribution is -2.42. The molecule has 1 aliphatic heterocycles. The van der Waals surface area contributed by atoms with Crippen molar-refractivity contribution in [1.29, 1.82) is 0 Å². The zero-order valence-corrected chi connectivity index (χ0v) is 32.1. The number of hydrogen-bond donors (Lipinski definition) is 2. The Labute approximate surface area is 313 Å². The van der Waals surface area contributed by atoms with Crippen molar-refractivity contribution in [1.82, 2.24) is 29.5 Å². The Morgan fingerprint density at radius 2 is 1.77 bits per heavy atom. The average Bonchev–Trinajstić information content (AvgIpc) is 3.67. The Bertz CT molecular complexity index is 2300. The molecule has 5 aromatic rings. The molecule has 2 amide bonds. The van der Waals surface area contributed by atoms with Crippen molar-refractivity contribution in [3.05, 3.63) is 82.9 Å². The molecule has 1 aromatic carbocycles. The van der Waals surface area contributed by atoms with Crippen molar-refractivity contribution in [2.45, 2.75) is 72.4 Å². The van der Waals surface area contributed by atoms with Crippen LogP contribution < -0.4 is 14.9 Å². The number of carbonyl (C=O) groups is 2. The highest BCUT2D eigenvalue weighted by atomic mass is 32.2. The third-order valence-electron chi connectivity index (χ3n) is 11.2. The Balaban J connectivity index is 1.09. The van der Waals surface area contributed by atoms with Crippen LogP contribution in [0.3, 0.4) is 0 Å². The first kappa shape index (κ1) is 35.3. The van der Waals surface area contributed by atoms with Gasteiger partial charge in [-0.1, -0.05) is 37.3 Å². The van der Waals surface area contributed by atoms with Gasteiger partial charge < -0.3 is 4.90 Å². The van der Waals surface area contributed by atoms with E-state index in [4.69, 9.17) is 10.1 Å². The number of amides is 2. The van der Waals surface area contributed by atoms with Crippen molar-refractivity contribution in [2.75, 3.05) is 23.0 Å². The molecule has 4 aromatic heterocycles. The molecule has 53 heavy (non-hydrogen) atoms. The summed E-state index contributed by atoms with van der Waals surface area (Å²) in [5.74, 6) is 1.55. The monoisotopic (exact) mass is 752 g/mol. The standard InChI is InChI=1S/C39H44N8O4S2/c1-23-15-26-16-24(2)18-39(17-23,19-26)22-47-25(3)30(20-41-47)28-10-11-33(43-34(28)36(49)45-53(4,50)51)46-14-12-27-7-5-8-29(31(27)21-46)35(48)44-38-42-32-9-6-13-40-37(32)52-38/h5-11,13,20,23-24,26H,12,14-19,21-22H2,1-4H3,(H,45,49)(H,42,44,48). The minimum atomic E-state index is -3.87. The largest absolute Gasteiger partial charge is 0.352 e. The van der Waals surface area contributed by atoms with E-state index in [9.17, 15) is 18.0 Å². The smallest absolute Gasteiger partial charge is 0.284 e. The third kappa shape index (κ3) is 7.18. The van der Waals surface area contributed by atoms with Gasteiger partial charge in [-0.05, 0) is 110 Å². The summed E-state index contributed by atoms with van der Waals surface area (Å²) in [4.78, 5) is 43.7. The molecule has 3 aliphatic rings. The van der Waals surface area contributed by atoms with Gasteiger partial charge in [0.2, 0.25) is 10.0 Å². The van der Waals surface area contributed by atoms with E-state index in [1.54, 1.807) is 18.5 Å². The summed E-state index contributed by atoms with van der Waals surface area (Å²) in [5, 5.41) is 8.26. The molecule has 2 N–H and O–H groups in total. The molecule has 2 atom stereocenters. The summed E-state index contributed by atoms with van der Waals surface area (Å²) in [6.07, 6.45) is 11.3. The highest BCUT2D eigenvalue weighted by molar-refractivity contribution is 7.89. The van der Waals surface area contributed by atoms with Crippen LogP contribution in [-0.4, -0.2) is 57.8 Å². The predicted octanol–water partition coefficient (Wildman–Crippen LogP) is 6.62. The van der Waals surface area contributed by atoms with Crippen LogP contribution in [0, 0.1) is 30.1 Å². The molecule has 14 heteroatoms. The van der Waals surface area contributed by atoms with E-state index in [2.05, 4.69) is 38.5 Å². The predicted molar refractivity (Wildman–Crippen MR) is 206 cm³/mol. The molecule has 12 nitrogen and oxygen atoms in total. The van der Waals surface area contributed by atoms with Gasteiger partial charge in [-0.25, -0.2) is 28.1 Å². The van der Waals surface area contributed by atoms with Crippen molar-refractivity contribution >= 4 is 54.5 Å². The first-order valence-corrected chi connectivity index (χ1v) is 21.0. The van der Waals surface area contributed by atoms with Gasteiger partial charge in [0.25, 0.3) is 11.8 Å². The van der Waals surface area contributed by atoms with Gasteiger partial charge >= 0.3 is 0 Å². The second-order valence-corrected chi connectivity index (χ2v) is 18.4. The number of fused-ring (bicyclic) bond motifs is 4. The highest BCUT2D eigenvalue weighted by Crippen LogP contribution is 2.53. The topological polar surface area (TPSA) is 152 Å². The molecular formula is C39H44N8O4S2. The summed E-state index contributed by atoms with van der Waals surface area (Å²) >= 11 is 1.32. The average molecular weight is 753 g/mol. The number of pyridine rings is 2. The first-order valence-electron chi connectivity index (χ1n) is 18.3. The lowest BCUT2D eigenvalue weighted by Gasteiger charge is -2.50. The van der Waals surface area contributed by atoms with Crippen molar-refractivity contribution in [3.8, 4) is 11.1 Å². The first-order chi connectivity index (χ1) is 25.3. The third-order valence-corrected chi connectivity index (χ3v) is 12.7. The summed E-state index contributed by atoms with van der Waals surface area (Å²) in [6.45, 7) is 8.54. The molecular weight excluding hydrogens is 709 g/mol. The molecule has 2 bridgehead atoms. The minimum absolute atomic E-state index is 0.00708. The molecule has 0 spiro atoms. The van der Waals surface area contributed by atoms with E-state index in [1.165, 1.54) is 43.4 Å². The van der Waals surface area contributed by atoms with Crippen molar-refractivity contribution < 1.29 is 18.0 Å². The van der Waals surface area contributed by atoms with Crippen LogP contribution in [-0.2, 0) is 29.5 Å². The van der Waals surface area contributed by atoms with Crippen LogP contribution in [0.4, 0.5) is 10.9 Å². The molecule has 8 rings (SSSR count). The molecule has 5 heterocycles. The quantitative estimate of drug-likeness (QED) is 0.178. The van der Waals surface area contributed by atoms with Crippen LogP contribution in [0.2, 0.25) is 0 Å². The number of aromatic nitrogens is 5.